The number of halogens is 2. The van der Waals surface area contributed by atoms with Crippen molar-refractivity contribution in [3.63, 3.8) is 0 Å². The van der Waals surface area contributed by atoms with Crippen LogP contribution in [0.2, 0.25) is 5.02 Å². The molecule has 0 saturated heterocycles. The highest BCUT2D eigenvalue weighted by molar-refractivity contribution is 6.30. The maximum Gasteiger partial charge on any atom is 0.419 e. The molecule has 1 atom stereocenters. The predicted octanol–water partition coefficient (Wildman–Crippen LogP) is 3.35. The fraction of sp³-hybridized carbons (Fsp3) is 0.211. The minimum atomic E-state index is -1.15. The lowest BCUT2D eigenvalue weighted by Crippen LogP contribution is -2.30. The van der Waals surface area contributed by atoms with Gasteiger partial charge in [0.15, 0.2) is 11.7 Å². The Morgan fingerprint density at radius 2 is 2.04 bits per heavy atom. The Kier molecular flexibility index (Phi) is 5.79. The fourth-order valence-electron chi connectivity index (χ4n) is 2.56. The molecule has 1 heterocycles. The van der Waals surface area contributed by atoms with Gasteiger partial charge in [0, 0.05) is 11.6 Å². The number of para-hydroxylation sites is 2. The number of amides is 1. The van der Waals surface area contributed by atoms with E-state index in [4.69, 9.17) is 20.8 Å². The van der Waals surface area contributed by atoms with E-state index in [9.17, 15) is 18.8 Å². The number of aryl methyl sites for hydroxylation is 1. The van der Waals surface area contributed by atoms with Crippen molar-refractivity contribution in [2.45, 2.75) is 26.0 Å². The maximum atomic E-state index is 13.7. The minimum Gasteiger partial charge on any atom is -0.452 e. The fourth-order valence-corrected chi connectivity index (χ4v) is 2.72. The molecule has 0 saturated carbocycles. The first-order chi connectivity index (χ1) is 13.3. The number of esters is 1. The van der Waals surface area contributed by atoms with E-state index in [0.717, 1.165) is 6.07 Å². The first kappa shape index (κ1) is 19.6. The quantitative estimate of drug-likeness (QED) is 0.634. The van der Waals surface area contributed by atoms with Crippen molar-refractivity contribution in [1.82, 2.24) is 4.57 Å². The smallest absolute Gasteiger partial charge is 0.419 e. The van der Waals surface area contributed by atoms with Crippen LogP contribution in [0.25, 0.3) is 11.1 Å². The lowest BCUT2D eigenvalue weighted by molar-refractivity contribution is -0.153. The number of rotatable bonds is 6. The number of hydrogen-bond acceptors (Lipinski definition) is 5. The number of hydrogen-bond donors (Lipinski definition) is 1. The van der Waals surface area contributed by atoms with Crippen molar-refractivity contribution in [2.24, 2.45) is 0 Å². The largest absolute Gasteiger partial charge is 0.452 e. The number of ether oxygens (including phenoxy) is 1. The van der Waals surface area contributed by atoms with E-state index in [2.05, 4.69) is 5.32 Å². The molecule has 0 aliphatic rings. The molecule has 1 amide bonds. The summed E-state index contributed by atoms with van der Waals surface area (Å²) in [6.45, 7) is 1.40. The lowest BCUT2D eigenvalue weighted by atomic mass is 10.3. The molecule has 28 heavy (non-hydrogen) atoms. The molecule has 3 rings (SSSR count). The number of benzene rings is 2. The molecule has 146 valence electrons. The van der Waals surface area contributed by atoms with Crippen LogP contribution in [0.1, 0.15) is 13.3 Å². The van der Waals surface area contributed by atoms with E-state index in [0.29, 0.717) is 11.1 Å². The molecule has 0 aliphatic heterocycles. The molecule has 0 bridgehead atoms. The molecule has 9 heteroatoms. The van der Waals surface area contributed by atoms with Gasteiger partial charge in [-0.05, 0) is 37.3 Å². The molecule has 3 aromatic rings. The van der Waals surface area contributed by atoms with Crippen molar-refractivity contribution in [3.8, 4) is 0 Å². The van der Waals surface area contributed by atoms with Crippen LogP contribution >= 0.6 is 11.6 Å². The van der Waals surface area contributed by atoms with E-state index >= 15 is 0 Å². The van der Waals surface area contributed by atoms with Crippen LogP contribution in [0.3, 0.4) is 0 Å². The topological polar surface area (TPSA) is 90.5 Å². The maximum absolute atomic E-state index is 13.7. The van der Waals surface area contributed by atoms with Crippen LogP contribution in [0.5, 0.6) is 0 Å². The van der Waals surface area contributed by atoms with Gasteiger partial charge < -0.3 is 14.5 Å². The summed E-state index contributed by atoms with van der Waals surface area (Å²) >= 11 is 5.66. The number of nitrogens with zero attached hydrogens (tertiary/aromatic N) is 1. The van der Waals surface area contributed by atoms with Crippen molar-refractivity contribution in [2.75, 3.05) is 5.32 Å². The molecule has 2 aromatic carbocycles. The van der Waals surface area contributed by atoms with Crippen LogP contribution in [0, 0.1) is 5.82 Å². The average molecular weight is 407 g/mol. The molecule has 0 aliphatic carbocycles. The highest BCUT2D eigenvalue weighted by Crippen LogP contribution is 2.19. The second-order valence-electron chi connectivity index (χ2n) is 5.98. The van der Waals surface area contributed by atoms with Gasteiger partial charge in [0.05, 0.1) is 17.6 Å². The summed E-state index contributed by atoms with van der Waals surface area (Å²) in [7, 11) is 0. The summed E-state index contributed by atoms with van der Waals surface area (Å²) in [4.78, 5) is 36.0. The Morgan fingerprint density at radius 1 is 1.29 bits per heavy atom. The Bertz CT molecular complexity index is 1090. The number of fused-ring (bicyclic) bond motifs is 1. The molecule has 0 fully saturated rings. The zero-order valence-electron chi connectivity index (χ0n) is 14.8. The minimum absolute atomic E-state index is 0.0365. The number of oxazole rings is 1. The number of nitrogens with one attached hydrogen (secondary N) is 1. The third-order valence-corrected chi connectivity index (χ3v) is 4.21. The summed E-state index contributed by atoms with van der Waals surface area (Å²) in [5, 5.41) is 2.52. The Morgan fingerprint density at radius 3 is 2.79 bits per heavy atom. The number of aromatic nitrogens is 1. The normalized spacial score (nSPS) is 12.0. The second kappa shape index (κ2) is 8.26. The molecule has 7 nitrogen and oxygen atoms in total. The van der Waals surface area contributed by atoms with E-state index in [1.165, 1.54) is 23.6 Å². The van der Waals surface area contributed by atoms with Crippen molar-refractivity contribution in [1.29, 1.82) is 0 Å². The zero-order chi connectivity index (χ0) is 20.3. The molecule has 1 aromatic heterocycles. The standard InChI is InChI=1S/C19H16ClFN2O5/c1-11(18(25)22-14-7-6-12(20)10-13(14)21)27-17(24)8-9-23-15-4-2-3-5-16(15)28-19(23)26/h2-7,10-11H,8-9H2,1H3,(H,22,25)/t11-/m1/s1. The molecule has 0 unspecified atom stereocenters. The lowest BCUT2D eigenvalue weighted by Gasteiger charge is -2.14. The molecule has 0 spiro atoms. The number of anilines is 1. The monoisotopic (exact) mass is 406 g/mol. The van der Waals surface area contributed by atoms with E-state index in [1.807, 2.05) is 0 Å². The average Bonchev–Trinajstić information content (AvgIpc) is 2.97. The number of carbonyl (C=O) groups is 2. The second-order valence-corrected chi connectivity index (χ2v) is 6.42. The molecule has 0 radical (unpaired) electrons. The van der Waals surface area contributed by atoms with Gasteiger partial charge in [0.2, 0.25) is 0 Å². The van der Waals surface area contributed by atoms with Gasteiger partial charge in [-0.25, -0.2) is 9.18 Å². The first-order valence-corrected chi connectivity index (χ1v) is 8.76. The SMILES string of the molecule is C[C@@H](OC(=O)CCn1c(=O)oc2ccccc21)C(=O)Nc1ccc(Cl)cc1F. The molecular weight excluding hydrogens is 391 g/mol. The highest BCUT2D eigenvalue weighted by atomic mass is 35.5. The first-order valence-electron chi connectivity index (χ1n) is 8.39. The summed E-state index contributed by atoms with van der Waals surface area (Å²) in [6.07, 6.45) is -1.29. The van der Waals surface area contributed by atoms with Crippen molar-refractivity contribution >= 4 is 40.3 Å². The summed E-state index contributed by atoms with van der Waals surface area (Å²) in [5.74, 6) is -2.67. The number of carbonyl (C=O) groups excluding carboxylic acids is 2. The van der Waals surface area contributed by atoms with Gasteiger partial charge in [0.25, 0.3) is 5.91 Å². The third kappa shape index (κ3) is 4.40. The predicted molar refractivity (Wildman–Crippen MR) is 101 cm³/mol. The van der Waals surface area contributed by atoms with Gasteiger partial charge in [-0.15, -0.1) is 0 Å². The van der Waals surface area contributed by atoms with Crippen molar-refractivity contribution in [3.05, 3.63) is 63.9 Å². The van der Waals surface area contributed by atoms with Crippen LogP contribution < -0.4 is 11.1 Å². The van der Waals surface area contributed by atoms with Crippen LogP contribution in [0.4, 0.5) is 10.1 Å². The Labute approximate surface area is 163 Å². The van der Waals surface area contributed by atoms with Gasteiger partial charge in [0.1, 0.15) is 5.82 Å². The Balaban J connectivity index is 1.57. The van der Waals surface area contributed by atoms with Crippen LogP contribution in [-0.2, 0) is 20.9 Å². The molecule has 1 N–H and O–H groups in total. The third-order valence-electron chi connectivity index (χ3n) is 3.98. The van der Waals surface area contributed by atoms with Gasteiger partial charge in [-0.3, -0.25) is 14.2 Å². The molecular formula is C19H16ClFN2O5. The van der Waals surface area contributed by atoms with Gasteiger partial charge in [-0.1, -0.05) is 23.7 Å². The van der Waals surface area contributed by atoms with E-state index < -0.39 is 29.6 Å². The van der Waals surface area contributed by atoms with Crippen LogP contribution in [-0.4, -0.2) is 22.5 Å². The summed E-state index contributed by atoms with van der Waals surface area (Å²) in [6, 6.07) is 10.6. The van der Waals surface area contributed by atoms with E-state index in [1.54, 1.807) is 24.3 Å². The zero-order valence-corrected chi connectivity index (χ0v) is 15.5. The van der Waals surface area contributed by atoms with Gasteiger partial charge in [-0.2, -0.15) is 0 Å². The van der Waals surface area contributed by atoms with Crippen LogP contribution in [0.15, 0.2) is 51.7 Å². The van der Waals surface area contributed by atoms with E-state index in [-0.39, 0.29) is 23.7 Å². The summed E-state index contributed by atoms with van der Waals surface area (Å²) < 4.78 is 25.2. The Hall–Kier alpha value is -3.13. The highest BCUT2D eigenvalue weighted by Gasteiger charge is 2.20. The van der Waals surface area contributed by atoms with Crippen molar-refractivity contribution < 1.29 is 23.1 Å². The van der Waals surface area contributed by atoms with Gasteiger partial charge >= 0.3 is 11.7 Å². The summed E-state index contributed by atoms with van der Waals surface area (Å²) in [5.41, 5.74) is 0.900.